The SMILES string of the molecule is COc1ccc(NC(=O)c2ccc(CSc3nnc(-c4ccco4)n3-c3ccc(C)cc3)cc2)cc1. The van der Waals surface area contributed by atoms with Gasteiger partial charge in [-0.1, -0.05) is 41.6 Å². The summed E-state index contributed by atoms with van der Waals surface area (Å²) in [6, 6.07) is 26.7. The smallest absolute Gasteiger partial charge is 0.255 e. The molecule has 0 saturated carbocycles. The Morgan fingerprint density at radius 2 is 1.72 bits per heavy atom. The Balaban J connectivity index is 1.30. The van der Waals surface area contributed by atoms with Gasteiger partial charge in [-0.3, -0.25) is 9.36 Å². The van der Waals surface area contributed by atoms with Gasteiger partial charge in [-0.05, 0) is 73.2 Å². The first-order valence-corrected chi connectivity index (χ1v) is 12.3. The van der Waals surface area contributed by atoms with Gasteiger partial charge in [-0.15, -0.1) is 10.2 Å². The molecule has 1 N–H and O–H groups in total. The molecule has 0 bridgehead atoms. The third kappa shape index (κ3) is 5.18. The topological polar surface area (TPSA) is 82.2 Å². The molecule has 3 aromatic carbocycles. The largest absolute Gasteiger partial charge is 0.497 e. The van der Waals surface area contributed by atoms with Crippen LogP contribution in [0.25, 0.3) is 17.3 Å². The van der Waals surface area contributed by atoms with E-state index in [4.69, 9.17) is 9.15 Å². The van der Waals surface area contributed by atoms with Crippen LogP contribution >= 0.6 is 11.8 Å². The van der Waals surface area contributed by atoms with E-state index in [1.807, 2.05) is 77.4 Å². The van der Waals surface area contributed by atoms with Gasteiger partial charge in [0.25, 0.3) is 5.91 Å². The number of carbonyl (C=O) groups is 1. The third-order valence-corrected chi connectivity index (χ3v) is 6.60. The molecular formula is C28H24N4O3S. The van der Waals surface area contributed by atoms with E-state index in [-0.39, 0.29) is 5.91 Å². The lowest BCUT2D eigenvalue weighted by molar-refractivity contribution is 0.102. The summed E-state index contributed by atoms with van der Waals surface area (Å²) in [5, 5.41) is 12.5. The van der Waals surface area contributed by atoms with E-state index >= 15 is 0 Å². The molecule has 0 spiro atoms. The molecule has 5 aromatic rings. The number of hydrogen-bond acceptors (Lipinski definition) is 6. The Morgan fingerprint density at radius 1 is 0.972 bits per heavy atom. The van der Waals surface area contributed by atoms with Crippen LogP contribution in [0.4, 0.5) is 5.69 Å². The summed E-state index contributed by atoms with van der Waals surface area (Å²) < 4.78 is 12.7. The van der Waals surface area contributed by atoms with Crippen molar-refractivity contribution in [2.45, 2.75) is 17.8 Å². The minimum absolute atomic E-state index is 0.165. The Hall–Kier alpha value is -4.30. The van der Waals surface area contributed by atoms with Crippen LogP contribution in [-0.2, 0) is 5.75 Å². The van der Waals surface area contributed by atoms with Gasteiger partial charge in [0, 0.05) is 22.7 Å². The van der Waals surface area contributed by atoms with Crippen molar-refractivity contribution in [1.82, 2.24) is 14.8 Å². The number of aryl methyl sites for hydroxylation is 1. The first-order chi connectivity index (χ1) is 17.6. The quantitative estimate of drug-likeness (QED) is 0.251. The molecule has 0 aliphatic rings. The number of hydrogen-bond donors (Lipinski definition) is 1. The van der Waals surface area contributed by atoms with E-state index in [1.54, 1.807) is 25.1 Å². The van der Waals surface area contributed by atoms with Gasteiger partial charge in [-0.25, -0.2) is 0 Å². The van der Waals surface area contributed by atoms with Gasteiger partial charge in [0.1, 0.15) is 5.75 Å². The lowest BCUT2D eigenvalue weighted by Gasteiger charge is -2.10. The Labute approximate surface area is 213 Å². The van der Waals surface area contributed by atoms with Gasteiger partial charge in [0.2, 0.25) is 5.82 Å². The van der Waals surface area contributed by atoms with Crippen molar-refractivity contribution in [3.05, 3.63) is 108 Å². The zero-order valence-corrected chi connectivity index (χ0v) is 20.7. The number of anilines is 1. The fraction of sp³-hybridized carbons (Fsp3) is 0.107. The highest BCUT2D eigenvalue weighted by atomic mass is 32.2. The maximum absolute atomic E-state index is 12.6. The van der Waals surface area contributed by atoms with Crippen molar-refractivity contribution >= 4 is 23.4 Å². The summed E-state index contributed by atoms with van der Waals surface area (Å²) in [4.78, 5) is 12.6. The van der Waals surface area contributed by atoms with E-state index in [0.717, 1.165) is 22.2 Å². The number of methoxy groups -OCH3 is 1. The molecule has 0 saturated heterocycles. The summed E-state index contributed by atoms with van der Waals surface area (Å²) in [7, 11) is 1.61. The molecule has 2 heterocycles. The van der Waals surface area contributed by atoms with E-state index in [0.29, 0.717) is 28.6 Å². The molecule has 1 amide bonds. The molecule has 0 fully saturated rings. The van der Waals surface area contributed by atoms with Crippen molar-refractivity contribution in [2.75, 3.05) is 12.4 Å². The summed E-state index contributed by atoms with van der Waals surface area (Å²) in [5.41, 5.74) is 4.51. The van der Waals surface area contributed by atoms with Crippen molar-refractivity contribution in [1.29, 1.82) is 0 Å². The molecule has 5 rings (SSSR count). The summed E-state index contributed by atoms with van der Waals surface area (Å²) in [6.07, 6.45) is 1.63. The van der Waals surface area contributed by atoms with Crippen molar-refractivity contribution < 1.29 is 13.9 Å². The van der Waals surface area contributed by atoms with E-state index in [9.17, 15) is 4.79 Å². The summed E-state index contributed by atoms with van der Waals surface area (Å²) in [5.74, 6) is 2.55. The van der Waals surface area contributed by atoms with Gasteiger partial charge in [0.05, 0.1) is 13.4 Å². The van der Waals surface area contributed by atoms with Crippen molar-refractivity contribution in [3.63, 3.8) is 0 Å². The van der Waals surface area contributed by atoms with Gasteiger partial charge < -0.3 is 14.5 Å². The fourth-order valence-corrected chi connectivity index (χ4v) is 4.54. The lowest BCUT2D eigenvalue weighted by atomic mass is 10.1. The number of amides is 1. The number of thioether (sulfide) groups is 1. The molecule has 2 aromatic heterocycles. The van der Waals surface area contributed by atoms with Crippen molar-refractivity contribution in [3.8, 4) is 23.0 Å². The molecular weight excluding hydrogens is 472 g/mol. The van der Waals surface area contributed by atoms with Crippen LogP contribution in [-0.4, -0.2) is 27.8 Å². The monoisotopic (exact) mass is 496 g/mol. The highest BCUT2D eigenvalue weighted by Crippen LogP contribution is 2.30. The molecule has 7 nitrogen and oxygen atoms in total. The highest BCUT2D eigenvalue weighted by Gasteiger charge is 2.18. The summed E-state index contributed by atoms with van der Waals surface area (Å²) in [6.45, 7) is 2.06. The number of furan rings is 1. The first-order valence-electron chi connectivity index (χ1n) is 11.3. The lowest BCUT2D eigenvalue weighted by Crippen LogP contribution is -2.11. The molecule has 0 radical (unpaired) electrons. The van der Waals surface area contributed by atoms with Crippen molar-refractivity contribution in [2.24, 2.45) is 0 Å². The van der Waals surface area contributed by atoms with Crippen LogP contribution in [0.3, 0.4) is 0 Å². The predicted octanol–water partition coefficient (Wildman–Crippen LogP) is 6.39. The number of aromatic nitrogens is 3. The summed E-state index contributed by atoms with van der Waals surface area (Å²) >= 11 is 1.57. The van der Waals surface area contributed by atoms with Gasteiger partial charge in [0.15, 0.2) is 10.9 Å². The molecule has 36 heavy (non-hydrogen) atoms. The Morgan fingerprint density at radius 3 is 2.39 bits per heavy atom. The van der Waals surface area contributed by atoms with Crippen LogP contribution in [0.2, 0.25) is 0 Å². The zero-order chi connectivity index (χ0) is 24.9. The molecule has 0 aliphatic heterocycles. The van der Waals surface area contributed by atoms with Crippen LogP contribution in [0.5, 0.6) is 5.75 Å². The van der Waals surface area contributed by atoms with Gasteiger partial charge in [-0.2, -0.15) is 0 Å². The second kappa shape index (κ2) is 10.5. The number of nitrogens with one attached hydrogen (secondary N) is 1. The molecule has 0 atom stereocenters. The van der Waals surface area contributed by atoms with Gasteiger partial charge >= 0.3 is 0 Å². The highest BCUT2D eigenvalue weighted by molar-refractivity contribution is 7.98. The van der Waals surface area contributed by atoms with E-state index in [1.165, 1.54) is 5.56 Å². The van der Waals surface area contributed by atoms with E-state index in [2.05, 4.69) is 34.6 Å². The van der Waals surface area contributed by atoms with E-state index < -0.39 is 0 Å². The maximum atomic E-state index is 12.6. The molecule has 8 heteroatoms. The van der Waals surface area contributed by atoms with Crippen LogP contribution in [0.1, 0.15) is 21.5 Å². The normalized spacial score (nSPS) is 10.8. The predicted molar refractivity (Wildman–Crippen MR) is 141 cm³/mol. The second-order valence-electron chi connectivity index (χ2n) is 8.12. The van der Waals surface area contributed by atoms with Crippen LogP contribution < -0.4 is 10.1 Å². The molecule has 0 unspecified atom stereocenters. The Bertz CT molecular complexity index is 1440. The molecule has 180 valence electrons. The average molecular weight is 497 g/mol. The number of benzene rings is 3. The second-order valence-corrected chi connectivity index (χ2v) is 9.07. The number of nitrogens with zero attached hydrogens (tertiary/aromatic N) is 3. The number of carbonyl (C=O) groups excluding carboxylic acids is 1. The molecule has 0 aliphatic carbocycles. The minimum atomic E-state index is -0.165. The Kier molecular flexibility index (Phi) is 6.86. The minimum Gasteiger partial charge on any atom is -0.497 e. The number of ether oxygens (including phenoxy) is 1. The maximum Gasteiger partial charge on any atom is 0.255 e. The first kappa shape index (κ1) is 23.4. The average Bonchev–Trinajstić information content (AvgIpc) is 3.59. The zero-order valence-electron chi connectivity index (χ0n) is 19.8. The van der Waals surface area contributed by atoms with Crippen LogP contribution in [0, 0.1) is 6.92 Å². The number of rotatable bonds is 8. The fourth-order valence-electron chi connectivity index (χ4n) is 3.63. The van der Waals surface area contributed by atoms with Crippen LogP contribution in [0.15, 0.2) is 101 Å². The standard InChI is InChI=1S/C28H24N4O3S/c1-19-5-13-23(14-6-19)32-26(25-4-3-17-35-25)30-31-28(32)36-18-20-7-9-21(10-8-20)27(33)29-22-11-15-24(34-2)16-12-22/h3-17H,18H2,1-2H3,(H,29,33). The third-order valence-electron chi connectivity index (χ3n) is 5.60.